The normalized spacial score (nSPS) is 11.4. The molecule has 2 aromatic heterocycles. The third kappa shape index (κ3) is 3.65. The van der Waals surface area contributed by atoms with Crippen LogP contribution in [0.3, 0.4) is 0 Å². The number of aromatic nitrogens is 5. The highest BCUT2D eigenvalue weighted by Gasteiger charge is 2.08. The number of para-hydroxylation sites is 1. The minimum absolute atomic E-state index is 0.515. The molecule has 0 aliphatic heterocycles. The summed E-state index contributed by atoms with van der Waals surface area (Å²) in [4.78, 5) is 0. The topological polar surface area (TPSA) is 80.9 Å². The molecule has 2 aromatic carbocycles. The van der Waals surface area contributed by atoms with Gasteiger partial charge >= 0.3 is 0 Å². The molecule has 0 saturated carbocycles. The first-order valence-electron chi connectivity index (χ1n) is 7.43. The van der Waals surface area contributed by atoms with Crippen LogP contribution in [0.1, 0.15) is 10.6 Å². The first kappa shape index (κ1) is 15.7. The van der Waals surface area contributed by atoms with E-state index in [1.54, 1.807) is 10.9 Å². The highest BCUT2D eigenvalue weighted by atomic mass is 35.5. The zero-order chi connectivity index (χ0) is 17.1. The molecular weight excluding hydrogens is 358 g/mol. The Morgan fingerprint density at radius 3 is 2.80 bits per heavy atom. The van der Waals surface area contributed by atoms with Gasteiger partial charge in [0.15, 0.2) is 0 Å². The molecule has 124 valence electrons. The van der Waals surface area contributed by atoms with Crippen molar-refractivity contribution < 1.29 is 0 Å². The van der Waals surface area contributed by atoms with E-state index in [9.17, 15) is 0 Å². The lowest BCUT2D eigenvalue weighted by atomic mass is 10.2. The summed E-state index contributed by atoms with van der Waals surface area (Å²) in [7, 11) is 0. The van der Waals surface area contributed by atoms with Gasteiger partial charge in [-0.2, -0.15) is 5.10 Å². The summed E-state index contributed by atoms with van der Waals surface area (Å²) in [6, 6.07) is 15.2. The summed E-state index contributed by atoms with van der Waals surface area (Å²) in [5.74, 6) is 0. The average molecular weight is 370 g/mol. The van der Waals surface area contributed by atoms with Gasteiger partial charge in [-0.1, -0.05) is 52.4 Å². The minimum atomic E-state index is 0.515. The second-order valence-electron chi connectivity index (χ2n) is 5.16. The van der Waals surface area contributed by atoms with Gasteiger partial charge in [0, 0.05) is 5.02 Å². The maximum absolute atomic E-state index is 5.85. The lowest BCUT2D eigenvalue weighted by Gasteiger charge is -1.97. The van der Waals surface area contributed by atoms with Crippen molar-refractivity contribution in [3.63, 3.8) is 0 Å². The molecule has 0 radical (unpaired) electrons. The van der Waals surface area contributed by atoms with E-state index in [1.165, 1.54) is 11.3 Å². The van der Waals surface area contributed by atoms with Crippen LogP contribution >= 0.6 is 22.9 Å². The van der Waals surface area contributed by atoms with E-state index >= 15 is 0 Å². The molecule has 0 aliphatic rings. The largest absolute Gasteiger partial charge is 0.251 e. The van der Waals surface area contributed by atoms with Gasteiger partial charge < -0.3 is 0 Å². The molecule has 0 spiro atoms. The van der Waals surface area contributed by atoms with Gasteiger partial charge in [-0.3, -0.25) is 5.43 Å². The zero-order valence-corrected chi connectivity index (χ0v) is 14.4. The molecular formula is C16H12ClN7S. The molecule has 0 fully saturated rings. The highest BCUT2D eigenvalue weighted by Crippen LogP contribution is 2.18. The number of halogens is 1. The van der Waals surface area contributed by atoms with Gasteiger partial charge in [-0.25, -0.2) is 4.68 Å². The third-order valence-electron chi connectivity index (χ3n) is 3.42. The number of anilines is 1. The van der Waals surface area contributed by atoms with Crippen LogP contribution < -0.4 is 5.43 Å². The fourth-order valence-corrected chi connectivity index (χ4v) is 3.03. The standard InChI is InChI=1S/C16H12ClN7S/c17-12-7-5-11(6-8-12)9-18-21-16-22-20-15(25-16)10-24-14-4-2-1-3-13(14)19-23-24/h1-9H,10H2,(H,21,22)/b18-9+. The van der Waals surface area contributed by atoms with Crippen molar-refractivity contribution in [2.75, 3.05) is 5.43 Å². The molecule has 2 heterocycles. The summed E-state index contributed by atoms with van der Waals surface area (Å²) in [6.45, 7) is 0.515. The van der Waals surface area contributed by atoms with E-state index in [4.69, 9.17) is 11.6 Å². The number of rotatable bonds is 5. The van der Waals surface area contributed by atoms with Crippen molar-refractivity contribution in [3.8, 4) is 0 Å². The monoisotopic (exact) mass is 369 g/mol. The Labute approximate surface area is 152 Å². The van der Waals surface area contributed by atoms with Crippen molar-refractivity contribution in [2.45, 2.75) is 6.54 Å². The molecule has 4 aromatic rings. The van der Waals surface area contributed by atoms with E-state index < -0.39 is 0 Å². The van der Waals surface area contributed by atoms with E-state index in [-0.39, 0.29) is 0 Å². The van der Waals surface area contributed by atoms with Crippen LogP contribution in [-0.2, 0) is 6.54 Å². The molecule has 0 atom stereocenters. The summed E-state index contributed by atoms with van der Waals surface area (Å²) in [5, 5.41) is 22.8. The van der Waals surface area contributed by atoms with Crippen LogP contribution in [0.5, 0.6) is 0 Å². The van der Waals surface area contributed by atoms with Gasteiger partial charge in [-0.15, -0.1) is 15.3 Å². The van der Waals surface area contributed by atoms with Crippen molar-refractivity contribution >= 4 is 45.3 Å². The molecule has 0 amide bonds. The van der Waals surface area contributed by atoms with Crippen molar-refractivity contribution in [3.05, 3.63) is 64.1 Å². The van der Waals surface area contributed by atoms with Crippen LogP contribution in [0.2, 0.25) is 5.02 Å². The second-order valence-corrected chi connectivity index (χ2v) is 6.66. The van der Waals surface area contributed by atoms with Crippen molar-refractivity contribution in [1.29, 1.82) is 0 Å². The van der Waals surface area contributed by atoms with Gasteiger partial charge in [0.05, 0.1) is 18.3 Å². The Balaban J connectivity index is 1.42. The Bertz CT molecular complexity index is 1020. The van der Waals surface area contributed by atoms with Crippen LogP contribution in [0.25, 0.3) is 11.0 Å². The molecule has 0 bridgehead atoms. The quantitative estimate of drug-likeness (QED) is 0.430. The number of nitrogens with one attached hydrogen (secondary N) is 1. The predicted octanol–water partition coefficient (Wildman–Crippen LogP) is 3.43. The van der Waals surface area contributed by atoms with Crippen LogP contribution in [0.4, 0.5) is 5.13 Å². The number of hydrogen-bond donors (Lipinski definition) is 1. The van der Waals surface area contributed by atoms with Gasteiger partial charge in [0.2, 0.25) is 5.13 Å². The Hall–Kier alpha value is -2.84. The molecule has 1 N–H and O–H groups in total. The molecule has 0 unspecified atom stereocenters. The van der Waals surface area contributed by atoms with Gasteiger partial charge in [0.25, 0.3) is 0 Å². The number of hydrazone groups is 1. The van der Waals surface area contributed by atoms with Crippen LogP contribution in [-0.4, -0.2) is 31.4 Å². The molecule has 25 heavy (non-hydrogen) atoms. The summed E-state index contributed by atoms with van der Waals surface area (Å²) in [6.07, 6.45) is 1.70. The third-order valence-corrected chi connectivity index (χ3v) is 4.48. The fraction of sp³-hybridized carbons (Fsp3) is 0.0625. The number of hydrogen-bond acceptors (Lipinski definition) is 7. The fourth-order valence-electron chi connectivity index (χ4n) is 2.24. The van der Waals surface area contributed by atoms with E-state index in [0.29, 0.717) is 16.7 Å². The smallest absolute Gasteiger partial charge is 0.226 e. The van der Waals surface area contributed by atoms with E-state index in [2.05, 4.69) is 31.0 Å². The van der Waals surface area contributed by atoms with Crippen LogP contribution in [0, 0.1) is 0 Å². The van der Waals surface area contributed by atoms with Crippen molar-refractivity contribution in [1.82, 2.24) is 25.2 Å². The Kier molecular flexibility index (Phi) is 4.36. The molecule has 4 rings (SSSR count). The maximum atomic E-state index is 5.85. The first-order valence-corrected chi connectivity index (χ1v) is 8.63. The number of benzene rings is 2. The minimum Gasteiger partial charge on any atom is -0.251 e. The lowest BCUT2D eigenvalue weighted by molar-refractivity contribution is 0.662. The summed E-state index contributed by atoms with van der Waals surface area (Å²) in [5.41, 5.74) is 5.65. The number of nitrogens with zero attached hydrogens (tertiary/aromatic N) is 6. The molecule has 0 saturated heterocycles. The zero-order valence-electron chi connectivity index (χ0n) is 12.9. The SMILES string of the molecule is Clc1ccc(/C=N/Nc2nnc(Cn3nnc4ccccc43)s2)cc1. The maximum Gasteiger partial charge on any atom is 0.226 e. The highest BCUT2D eigenvalue weighted by molar-refractivity contribution is 7.15. The second kappa shape index (κ2) is 6.96. The van der Waals surface area contributed by atoms with E-state index in [0.717, 1.165) is 21.6 Å². The van der Waals surface area contributed by atoms with Crippen LogP contribution in [0.15, 0.2) is 53.6 Å². The molecule has 0 aliphatic carbocycles. The van der Waals surface area contributed by atoms with Gasteiger partial charge in [0.1, 0.15) is 10.5 Å². The molecule has 9 heteroatoms. The summed E-state index contributed by atoms with van der Waals surface area (Å²) >= 11 is 7.27. The average Bonchev–Trinajstić information content (AvgIpc) is 3.25. The lowest BCUT2D eigenvalue weighted by Crippen LogP contribution is -2.01. The number of fused-ring (bicyclic) bond motifs is 1. The summed E-state index contributed by atoms with van der Waals surface area (Å²) < 4.78 is 1.80. The van der Waals surface area contributed by atoms with Gasteiger partial charge in [-0.05, 0) is 29.8 Å². The van der Waals surface area contributed by atoms with E-state index in [1.807, 2.05) is 48.5 Å². The first-order chi connectivity index (χ1) is 12.3. The van der Waals surface area contributed by atoms with Crippen molar-refractivity contribution in [2.24, 2.45) is 5.10 Å². The predicted molar refractivity (Wildman–Crippen MR) is 99.2 cm³/mol. The molecule has 7 nitrogen and oxygen atoms in total. The Morgan fingerprint density at radius 2 is 1.92 bits per heavy atom. The Morgan fingerprint density at radius 1 is 1.08 bits per heavy atom.